The second kappa shape index (κ2) is 7.57. The third-order valence-electron chi connectivity index (χ3n) is 3.54. The van der Waals surface area contributed by atoms with Gasteiger partial charge < -0.3 is 4.42 Å². The summed E-state index contributed by atoms with van der Waals surface area (Å²) < 4.78 is 44.2. The minimum absolute atomic E-state index is 0.107. The fourth-order valence-electron chi connectivity index (χ4n) is 2.28. The maximum absolute atomic E-state index is 14.4. The summed E-state index contributed by atoms with van der Waals surface area (Å²) >= 11 is 5.60. The van der Waals surface area contributed by atoms with E-state index >= 15 is 0 Å². The number of nitrogens with zero attached hydrogens (tertiary/aromatic N) is 3. The highest BCUT2D eigenvalue weighted by Crippen LogP contribution is 2.26. The van der Waals surface area contributed by atoms with Gasteiger partial charge in [0.25, 0.3) is 5.89 Å². The van der Waals surface area contributed by atoms with Crippen molar-refractivity contribution in [3.8, 4) is 11.5 Å². The Morgan fingerprint density at radius 2 is 1.88 bits per heavy atom. The first kappa shape index (κ1) is 17.9. The fourth-order valence-corrected chi connectivity index (χ4v) is 2.44. The van der Waals surface area contributed by atoms with E-state index in [4.69, 9.17) is 16.0 Å². The van der Waals surface area contributed by atoms with Crippen LogP contribution < -0.4 is 4.90 Å². The van der Waals surface area contributed by atoms with Gasteiger partial charge in [-0.15, -0.1) is 10.2 Å². The summed E-state index contributed by atoms with van der Waals surface area (Å²) in [7, 11) is 0. The van der Waals surface area contributed by atoms with Crippen LogP contribution in [0.4, 0.5) is 23.7 Å². The van der Waals surface area contributed by atoms with E-state index in [1.807, 2.05) is 0 Å². The summed E-state index contributed by atoms with van der Waals surface area (Å²) in [5.41, 5.74) is 0.837. The van der Waals surface area contributed by atoms with Gasteiger partial charge in [0.2, 0.25) is 5.89 Å². The van der Waals surface area contributed by atoms with Crippen LogP contribution in [0, 0.1) is 5.82 Å². The molecule has 1 aromatic heterocycles. The van der Waals surface area contributed by atoms with Gasteiger partial charge in [0.15, 0.2) is 0 Å². The van der Waals surface area contributed by atoms with Gasteiger partial charge in [-0.3, -0.25) is 9.69 Å². The number of halogens is 4. The van der Waals surface area contributed by atoms with Crippen molar-refractivity contribution in [3.05, 3.63) is 65.8 Å². The highest BCUT2D eigenvalue weighted by atomic mass is 35.5. The number of benzene rings is 2. The highest BCUT2D eigenvalue weighted by molar-refractivity contribution is 6.66. The van der Waals surface area contributed by atoms with E-state index in [1.165, 1.54) is 17.0 Å². The van der Waals surface area contributed by atoms with Crippen LogP contribution in [0.25, 0.3) is 11.5 Å². The average molecular weight is 382 g/mol. The molecule has 3 rings (SSSR count). The molecule has 2 aromatic carbocycles. The molecule has 3 aromatic rings. The van der Waals surface area contributed by atoms with E-state index in [0.717, 1.165) is 6.07 Å². The zero-order valence-corrected chi connectivity index (χ0v) is 13.8. The Bertz CT molecular complexity index is 919. The molecule has 0 bridgehead atoms. The number of carbonyl (C=O) groups excluding carboxylic acids is 1. The van der Waals surface area contributed by atoms with E-state index in [0.29, 0.717) is 5.69 Å². The Morgan fingerprint density at radius 1 is 1.15 bits per heavy atom. The largest absolute Gasteiger partial charge is 0.415 e. The Balaban J connectivity index is 1.86. The molecule has 0 saturated heterocycles. The molecule has 0 aliphatic heterocycles. The molecule has 0 spiro atoms. The lowest BCUT2D eigenvalue weighted by Gasteiger charge is -2.20. The summed E-state index contributed by atoms with van der Waals surface area (Å²) in [6.07, 6.45) is -2.91. The molecule has 0 N–H and O–H groups in total. The number of hydrogen-bond donors (Lipinski definition) is 0. The van der Waals surface area contributed by atoms with Crippen LogP contribution in [0.3, 0.4) is 0 Å². The summed E-state index contributed by atoms with van der Waals surface area (Å²) in [6, 6.07) is 12.4. The summed E-state index contributed by atoms with van der Waals surface area (Å²) in [5.74, 6) is -1.73. The van der Waals surface area contributed by atoms with Gasteiger partial charge in [-0.2, -0.15) is 8.78 Å². The SMILES string of the molecule is O=C(Cl)N(Cc1ccc(-c2nnc(C(F)F)o2)cc1F)c1ccccc1. The zero-order valence-electron chi connectivity index (χ0n) is 13.1. The van der Waals surface area contributed by atoms with Crippen LogP contribution >= 0.6 is 11.6 Å². The molecule has 0 fully saturated rings. The van der Waals surface area contributed by atoms with Crippen LogP contribution in [0.1, 0.15) is 17.9 Å². The van der Waals surface area contributed by atoms with Crippen molar-refractivity contribution in [1.82, 2.24) is 10.2 Å². The Morgan fingerprint density at radius 3 is 2.46 bits per heavy atom. The van der Waals surface area contributed by atoms with E-state index in [9.17, 15) is 18.0 Å². The van der Waals surface area contributed by atoms with Crippen molar-refractivity contribution in [3.63, 3.8) is 0 Å². The molecular formula is C17H11ClF3N3O2. The molecule has 0 unspecified atom stereocenters. The first-order chi connectivity index (χ1) is 12.5. The number of rotatable bonds is 5. The molecule has 134 valence electrons. The zero-order chi connectivity index (χ0) is 18.7. The van der Waals surface area contributed by atoms with Gasteiger partial charge in [-0.25, -0.2) is 4.39 Å². The van der Waals surface area contributed by atoms with Gasteiger partial charge in [0.1, 0.15) is 5.82 Å². The topological polar surface area (TPSA) is 59.2 Å². The van der Waals surface area contributed by atoms with Gasteiger partial charge in [-0.05, 0) is 35.9 Å². The molecule has 0 aliphatic rings. The molecule has 9 heteroatoms. The third-order valence-corrected chi connectivity index (χ3v) is 3.74. The molecule has 0 atom stereocenters. The minimum Gasteiger partial charge on any atom is -0.415 e. The van der Waals surface area contributed by atoms with Crippen molar-refractivity contribution in [2.24, 2.45) is 0 Å². The Labute approximate surface area is 151 Å². The van der Waals surface area contributed by atoms with Crippen molar-refractivity contribution < 1.29 is 22.4 Å². The number of alkyl halides is 2. The monoisotopic (exact) mass is 381 g/mol. The number of carbonyl (C=O) groups is 1. The molecule has 26 heavy (non-hydrogen) atoms. The lowest BCUT2D eigenvalue weighted by Crippen LogP contribution is -2.25. The number of anilines is 1. The van der Waals surface area contributed by atoms with Crippen LogP contribution in [-0.2, 0) is 6.54 Å². The molecule has 1 amide bonds. The summed E-state index contributed by atoms with van der Waals surface area (Å²) in [6.45, 7) is -0.107. The quantitative estimate of drug-likeness (QED) is 0.451. The van der Waals surface area contributed by atoms with E-state index in [-0.39, 0.29) is 23.6 Å². The molecule has 5 nitrogen and oxygen atoms in total. The predicted octanol–water partition coefficient (Wildman–Crippen LogP) is 5.18. The summed E-state index contributed by atoms with van der Waals surface area (Å²) in [4.78, 5) is 12.9. The number of aromatic nitrogens is 2. The molecule has 0 aliphatic carbocycles. The first-order valence-corrected chi connectivity index (χ1v) is 7.76. The third kappa shape index (κ3) is 3.85. The number of hydrogen-bond acceptors (Lipinski definition) is 4. The van der Waals surface area contributed by atoms with Gasteiger partial charge in [0.05, 0.1) is 6.54 Å². The van der Waals surface area contributed by atoms with Gasteiger partial charge in [-0.1, -0.05) is 24.3 Å². The van der Waals surface area contributed by atoms with Crippen molar-refractivity contribution in [1.29, 1.82) is 0 Å². The lowest BCUT2D eigenvalue weighted by molar-refractivity contribution is 0.116. The number of amides is 1. The average Bonchev–Trinajstić information content (AvgIpc) is 3.11. The molecule has 0 radical (unpaired) electrons. The maximum atomic E-state index is 14.4. The maximum Gasteiger partial charge on any atom is 0.321 e. The van der Waals surface area contributed by atoms with E-state index in [1.54, 1.807) is 30.3 Å². The Hall–Kier alpha value is -2.87. The number of para-hydroxylation sites is 1. The minimum atomic E-state index is -2.91. The van der Waals surface area contributed by atoms with Gasteiger partial charge in [0, 0.05) is 16.8 Å². The van der Waals surface area contributed by atoms with Crippen LogP contribution in [0.15, 0.2) is 52.9 Å². The van der Waals surface area contributed by atoms with Crippen LogP contribution in [0.5, 0.6) is 0 Å². The van der Waals surface area contributed by atoms with E-state index < -0.39 is 23.5 Å². The standard InChI is InChI=1S/C17H11ClF3N3O2/c18-17(25)24(12-4-2-1-3-5-12)9-11-7-6-10(8-13(11)19)15-22-23-16(26-15)14(20)21/h1-8,14H,9H2. The fraction of sp³-hybridized carbons (Fsp3) is 0.118. The van der Waals surface area contributed by atoms with E-state index in [2.05, 4.69) is 10.2 Å². The van der Waals surface area contributed by atoms with Gasteiger partial charge >= 0.3 is 11.8 Å². The lowest BCUT2D eigenvalue weighted by atomic mass is 10.1. The normalized spacial score (nSPS) is 11.0. The van der Waals surface area contributed by atoms with Crippen molar-refractivity contribution in [2.75, 3.05) is 4.90 Å². The van der Waals surface area contributed by atoms with Crippen LogP contribution in [0.2, 0.25) is 0 Å². The van der Waals surface area contributed by atoms with Crippen molar-refractivity contribution in [2.45, 2.75) is 13.0 Å². The molecule has 1 heterocycles. The summed E-state index contributed by atoms with van der Waals surface area (Å²) in [5, 5.41) is 5.90. The predicted molar refractivity (Wildman–Crippen MR) is 88.5 cm³/mol. The van der Waals surface area contributed by atoms with Crippen molar-refractivity contribution >= 4 is 22.7 Å². The van der Waals surface area contributed by atoms with Crippen LogP contribution in [-0.4, -0.2) is 15.6 Å². The molecule has 0 saturated carbocycles. The second-order valence-corrected chi connectivity index (χ2v) is 5.55. The molecular weight excluding hydrogens is 371 g/mol. The first-order valence-electron chi connectivity index (χ1n) is 7.38. The smallest absolute Gasteiger partial charge is 0.321 e. The highest BCUT2D eigenvalue weighted by Gasteiger charge is 2.19. The Kier molecular flexibility index (Phi) is 5.22. The second-order valence-electron chi connectivity index (χ2n) is 5.23.